The number of hydrogen-bond acceptors (Lipinski definition) is 4. The number of aryl methyl sites for hydroxylation is 1. The first kappa shape index (κ1) is 15.6. The molecule has 21 heavy (non-hydrogen) atoms. The van der Waals surface area contributed by atoms with Crippen LogP contribution in [0.25, 0.3) is 0 Å². The van der Waals surface area contributed by atoms with E-state index in [1.165, 1.54) is 6.07 Å². The predicted octanol–water partition coefficient (Wildman–Crippen LogP) is 1.23. The minimum atomic E-state index is -0.638. The van der Waals surface area contributed by atoms with Crippen molar-refractivity contribution in [1.82, 2.24) is 15.1 Å². The lowest BCUT2D eigenvalue weighted by Crippen LogP contribution is -2.30. The van der Waals surface area contributed by atoms with E-state index in [0.29, 0.717) is 18.7 Å². The van der Waals surface area contributed by atoms with E-state index < -0.39 is 6.10 Å². The molecule has 2 N–H and O–H groups in total. The molecule has 5 nitrogen and oxygen atoms in total. The van der Waals surface area contributed by atoms with Crippen molar-refractivity contribution >= 4 is 0 Å². The maximum Gasteiger partial charge on any atom is 0.128 e. The summed E-state index contributed by atoms with van der Waals surface area (Å²) in [5.41, 5.74) is 1.41. The Morgan fingerprint density at radius 3 is 2.90 bits per heavy atom. The van der Waals surface area contributed by atoms with E-state index in [2.05, 4.69) is 10.4 Å². The second kappa shape index (κ2) is 7.87. The topological polar surface area (TPSA) is 59.3 Å². The molecule has 2 rings (SSSR count). The van der Waals surface area contributed by atoms with E-state index in [1.54, 1.807) is 22.9 Å². The van der Waals surface area contributed by atoms with Gasteiger partial charge in [-0.1, -0.05) is 18.2 Å². The van der Waals surface area contributed by atoms with Gasteiger partial charge in [0.1, 0.15) is 5.82 Å². The Labute approximate surface area is 123 Å². The third kappa shape index (κ3) is 5.26. The van der Waals surface area contributed by atoms with Crippen LogP contribution in [0, 0.1) is 5.82 Å². The molecule has 0 bridgehead atoms. The Morgan fingerprint density at radius 1 is 1.38 bits per heavy atom. The van der Waals surface area contributed by atoms with Crippen LogP contribution in [0.15, 0.2) is 36.5 Å². The van der Waals surface area contributed by atoms with Crippen molar-refractivity contribution in [3.05, 3.63) is 53.6 Å². The lowest BCUT2D eigenvalue weighted by Gasteiger charge is -2.12. The molecular formula is C15H20FN3O2. The summed E-state index contributed by atoms with van der Waals surface area (Å²) >= 11 is 0. The molecule has 0 fully saturated rings. The summed E-state index contributed by atoms with van der Waals surface area (Å²) in [5.74, 6) is -0.291. The number of halogens is 1. The normalized spacial score (nSPS) is 12.5. The molecule has 0 aliphatic rings. The molecule has 6 heteroatoms. The SMILES string of the molecule is Cn1ccc(CNCC(O)COCc2ccccc2F)n1. The molecule has 1 atom stereocenters. The van der Waals surface area contributed by atoms with Crippen LogP contribution in [0.2, 0.25) is 0 Å². The average Bonchev–Trinajstić information content (AvgIpc) is 2.87. The van der Waals surface area contributed by atoms with Crippen molar-refractivity contribution in [2.45, 2.75) is 19.3 Å². The number of rotatable bonds is 8. The van der Waals surface area contributed by atoms with Crippen LogP contribution in [0.1, 0.15) is 11.3 Å². The first-order chi connectivity index (χ1) is 10.1. The molecule has 0 spiro atoms. The highest BCUT2D eigenvalue weighted by Gasteiger charge is 2.06. The van der Waals surface area contributed by atoms with Gasteiger partial charge in [-0.2, -0.15) is 5.10 Å². The van der Waals surface area contributed by atoms with Gasteiger partial charge in [0, 0.05) is 31.9 Å². The van der Waals surface area contributed by atoms with E-state index in [9.17, 15) is 9.50 Å². The van der Waals surface area contributed by atoms with Crippen molar-refractivity contribution in [2.75, 3.05) is 13.2 Å². The predicted molar refractivity (Wildman–Crippen MR) is 77.0 cm³/mol. The number of aromatic nitrogens is 2. The van der Waals surface area contributed by atoms with E-state index in [0.717, 1.165) is 5.69 Å². The van der Waals surface area contributed by atoms with Gasteiger partial charge in [-0.05, 0) is 12.1 Å². The standard InChI is InChI=1S/C15H20FN3O2/c1-19-7-6-13(18-19)8-17-9-14(20)11-21-10-12-4-2-3-5-15(12)16/h2-7,14,17,20H,8-11H2,1H3. The van der Waals surface area contributed by atoms with Crippen molar-refractivity contribution in [1.29, 1.82) is 0 Å². The first-order valence-electron chi connectivity index (χ1n) is 6.83. The van der Waals surface area contributed by atoms with Crippen LogP contribution in [0.5, 0.6) is 0 Å². The highest BCUT2D eigenvalue weighted by atomic mass is 19.1. The van der Waals surface area contributed by atoms with Crippen molar-refractivity contribution in [3.8, 4) is 0 Å². The van der Waals surface area contributed by atoms with Gasteiger partial charge < -0.3 is 15.2 Å². The largest absolute Gasteiger partial charge is 0.389 e. The summed E-state index contributed by atoms with van der Waals surface area (Å²) in [4.78, 5) is 0. The number of nitrogens with one attached hydrogen (secondary N) is 1. The maximum atomic E-state index is 13.3. The maximum absolute atomic E-state index is 13.3. The molecule has 0 aliphatic carbocycles. The van der Waals surface area contributed by atoms with Crippen LogP contribution in [0.4, 0.5) is 4.39 Å². The summed E-state index contributed by atoms with van der Waals surface area (Å²) in [6.45, 7) is 1.30. The molecule has 0 saturated heterocycles. The third-order valence-corrected chi connectivity index (χ3v) is 2.98. The molecule has 114 valence electrons. The fourth-order valence-electron chi connectivity index (χ4n) is 1.90. The zero-order chi connectivity index (χ0) is 15.1. The number of hydrogen-bond donors (Lipinski definition) is 2. The van der Waals surface area contributed by atoms with E-state index >= 15 is 0 Å². The number of benzene rings is 1. The average molecular weight is 293 g/mol. The number of nitrogens with zero attached hydrogens (tertiary/aromatic N) is 2. The van der Waals surface area contributed by atoms with Gasteiger partial charge in [0.05, 0.1) is 25.0 Å². The summed E-state index contributed by atoms with van der Waals surface area (Å²) in [6, 6.07) is 8.36. The molecule has 1 aromatic carbocycles. The molecule has 0 radical (unpaired) electrons. The first-order valence-corrected chi connectivity index (χ1v) is 6.83. The van der Waals surface area contributed by atoms with Crippen molar-refractivity contribution in [2.24, 2.45) is 7.05 Å². The van der Waals surface area contributed by atoms with Crippen molar-refractivity contribution in [3.63, 3.8) is 0 Å². The smallest absolute Gasteiger partial charge is 0.128 e. The number of aliphatic hydroxyl groups excluding tert-OH is 1. The highest BCUT2D eigenvalue weighted by molar-refractivity contribution is 5.16. The minimum Gasteiger partial charge on any atom is -0.389 e. The molecule has 0 aliphatic heterocycles. The van der Waals surface area contributed by atoms with Crippen molar-refractivity contribution < 1.29 is 14.2 Å². The summed E-state index contributed by atoms with van der Waals surface area (Å²) in [6.07, 6.45) is 1.23. The van der Waals surface area contributed by atoms with Gasteiger partial charge in [0.2, 0.25) is 0 Å². The number of aliphatic hydroxyl groups is 1. The monoisotopic (exact) mass is 293 g/mol. The Balaban J connectivity index is 1.61. The van der Waals surface area contributed by atoms with Crippen LogP contribution in [-0.4, -0.2) is 34.1 Å². The third-order valence-electron chi connectivity index (χ3n) is 2.98. The van der Waals surface area contributed by atoms with Crippen LogP contribution in [0.3, 0.4) is 0 Å². The fraction of sp³-hybridized carbons (Fsp3) is 0.400. The molecule has 1 aromatic heterocycles. The van der Waals surface area contributed by atoms with Gasteiger partial charge in [-0.25, -0.2) is 4.39 Å². The summed E-state index contributed by atoms with van der Waals surface area (Å²) in [5, 5.41) is 17.1. The minimum absolute atomic E-state index is 0.156. The van der Waals surface area contributed by atoms with Gasteiger partial charge in [0.15, 0.2) is 0 Å². The molecule has 0 saturated carbocycles. The van der Waals surface area contributed by atoms with Crippen LogP contribution < -0.4 is 5.32 Å². The van der Waals surface area contributed by atoms with Gasteiger partial charge >= 0.3 is 0 Å². The molecule has 1 heterocycles. The van der Waals surface area contributed by atoms with Gasteiger partial charge in [-0.3, -0.25) is 4.68 Å². The molecule has 0 amide bonds. The molecular weight excluding hydrogens is 273 g/mol. The molecule has 2 aromatic rings. The van der Waals surface area contributed by atoms with E-state index in [-0.39, 0.29) is 19.0 Å². The summed E-state index contributed by atoms with van der Waals surface area (Å²) < 4.78 is 20.4. The number of ether oxygens (including phenoxy) is 1. The van der Waals surface area contributed by atoms with Crippen LogP contribution in [-0.2, 0) is 24.9 Å². The molecule has 1 unspecified atom stereocenters. The van der Waals surface area contributed by atoms with E-state index in [1.807, 2.05) is 19.3 Å². The Hall–Kier alpha value is -1.76. The second-order valence-electron chi connectivity index (χ2n) is 4.87. The Bertz CT molecular complexity index is 559. The Morgan fingerprint density at radius 2 is 2.19 bits per heavy atom. The zero-order valence-corrected chi connectivity index (χ0v) is 12.0. The second-order valence-corrected chi connectivity index (χ2v) is 4.87. The Kier molecular flexibility index (Phi) is 5.86. The fourth-order valence-corrected chi connectivity index (χ4v) is 1.90. The van der Waals surface area contributed by atoms with Gasteiger partial charge in [-0.15, -0.1) is 0 Å². The van der Waals surface area contributed by atoms with Crippen LogP contribution >= 0.6 is 0 Å². The highest BCUT2D eigenvalue weighted by Crippen LogP contribution is 2.07. The zero-order valence-electron chi connectivity index (χ0n) is 12.0. The van der Waals surface area contributed by atoms with E-state index in [4.69, 9.17) is 4.74 Å². The lowest BCUT2D eigenvalue weighted by atomic mass is 10.2. The quantitative estimate of drug-likeness (QED) is 0.768. The lowest BCUT2D eigenvalue weighted by molar-refractivity contribution is 0.0277. The van der Waals surface area contributed by atoms with Gasteiger partial charge in [0.25, 0.3) is 0 Å². The summed E-state index contributed by atoms with van der Waals surface area (Å²) in [7, 11) is 1.86.